The van der Waals surface area contributed by atoms with Gasteiger partial charge in [0.05, 0.1) is 5.02 Å². The van der Waals surface area contributed by atoms with Crippen molar-refractivity contribution >= 4 is 44.1 Å². The van der Waals surface area contributed by atoms with Gasteiger partial charge in [0.25, 0.3) is 0 Å². The molecular formula is C17H9BrClFO. The Kier molecular flexibility index (Phi) is 3.79. The minimum Gasteiger partial charge on any atom is -0.289 e. The highest BCUT2D eigenvalue weighted by Gasteiger charge is 2.15. The summed E-state index contributed by atoms with van der Waals surface area (Å²) in [6.07, 6.45) is 0. The third-order valence-electron chi connectivity index (χ3n) is 3.30. The maximum atomic E-state index is 13.8. The summed E-state index contributed by atoms with van der Waals surface area (Å²) >= 11 is 9.32. The Morgan fingerprint density at radius 1 is 1.00 bits per heavy atom. The van der Waals surface area contributed by atoms with Gasteiger partial charge >= 0.3 is 0 Å². The Labute approximate surface area is 134 Å². The lowest BCUT2D eigenvalue weighted by atomic mass is 9.97. The van der Waals surface area contributed by atoms with Gasteiger partial charge < -0.3 is 0 Å². The summed E-state index contributed by atoms with van der Waals surface area (Å²) in [5, 5.41) is 1.50. The summed E-state index contributed by atoms with van der Waals surface area (Å²) in [6.45, 7) is 0. The molecule has 1 nitrogen and oxygen atoms in total. The maximum Gasteiger partial charge on any atom is 0.193 e. The fraction of sp³-hybridized carbons (Fsp3) is 0. The second kappa shape index (κ2) is 5.58. The van der Waals surface area contributed by atoms with Gasteiger partial charge in [-0.25, -0.2) is 4.39 Å². The molecule has 0 bridgehead atoms. The fourth-order valence-corrected chi connectivity index (χ4v) is 2.68. The first-order valence-corrected chi connectivity index (χ1v) is 7.42. The highest BCUT2D eigenvalue weighted by molar-refractivity contribution is 9.10. The second-order valence-corrected chi connectivity index (χ2v) is 5.86. The van der Waals surface area contributed by atoms with E-state index in [1.807, 2.05) is 0 Å². The molecule has 0 amide bonds. The number of fused-ring (bicyclic) bond motifs is 1. The molecule has 0 saturated carbocycles. The molecule has 0 saturated heterocycles. The lowest BCUT2D eigenvalue weighted by Crippen LogP contribution is -2.03. The Balaban J connectivity index is 2.18. The average Bonchev–Trinajstić information content (AvgIpc) is 2.50. The lowest BCUT2D eigenvalue weighted by Gasteiger charge is -2.07. The summed E-state index contributed by atoms with van der Waals surface area (Å²) in [7, 11) is 0. The molecule has 0 fully saturated rings. The molecule has 0 spiro atoms. The Bertz CT molecular complexity index is 861. The van der Waals surface area contributed by atoms with Gasteiger partial charge in [-0.3, -0.25) is 4.79 Å². The molecule has 0 aromatic heterocycles. The van der Waals surface area contributed by atoms with E-state index >= 15 is 0 Å². The van der Waals surface area contributed by atoms with E-state index in [4.69, 9.17) is 11.6 Å². The zero-order valence-corrected chi connectivity index (χ0v) is 13.1. The predicted octanol–water partition coefficient (Wildman–Crippen LogP) is 5.63. The topological polar surface area (TPSA) is 17.1 Å². The summed E-state index contributed by atoms with van der Waals surface area (Å²) in [5.74, 6) is -0.517. The zero-order valence-electron chi connectivity index (χ0n) is 10.7. The van der Waals surface area contributed by atoms with Crippen molar-refractivity contribution in [2.45, 2.75) is 0 Å². The monoisotopic (exact) mass is 362 g/mol. The van der Waals surface area contributed by atoms with Crippen LogP contribution in [0.4, 0.5) is 4.39 Å². The predicted molar refractivity (Wildman–Crippen MR) is 86.5 cm³/mol. The van der Waals surface area contributed by atoms with Crippen molar-refractivity contribution in [2.24, 2.45) is 0 Å². The lowest BCUT2D eigenvalue weighted by molar-refractivity contribution is 0.104. The van der Waals surface area contributed by atoms with Gasteiger partial charge in [0.1, 0.15) is 5.82 Å². The first kappa shape index (κ1) is 14.2. The summed E-state index contributed by atoms with van der Waals surface area (Å²) < 4.78 is 14.5. The minimum absolute atomic E-state index is 0.180. The number of rotatable bonds is 2. The molecule has 21 heavy (non-hydrogen) atoms. The Hall–Kier alpha value is -1.71. The summed E-state index contributed by atoms with van der Waals surface area (Å²) in [6, 6.07) is 14.8. The van der Waals surface area contributed by atoms with E-state index in [1.54, 1.807) is 42.5 Å². The van der Waals surface area contributed by atoms with Gasteiger partial charge in [0.2, 0.25) is 0 Å². The van der Waals surface area contributed by atoms with Crippen molar-refractivity contribution in [1.29, 1.82) is 0 Å². The first-order valence-electron chi connectivity index (χ1n) is 6.25. The molecule has 3 aromatic carbocycles. The highest BCUT2D eigenvalue weighted by atomic mass is 79.9. The molecule has 0 unspecified atom stereocenters. The van der Waals surface area contributed by atoms with E-state index in [-0.39, 0.29) is 11.6 Å². The Morgan fingerprint density at radius 3 is 2.43 bits per heavy atom. The van der Waals surface area contributed by atoms with E-state index < -0.39 is 0 Å². The van der Waals surface area contributed by atoms with Crippen molar-refractivity contribution in [3.63, 3.8) is 0 Å². The van der Waals surface area contributed by atoms with E-state index in [0.717, 1.165) is 4.47 Å². The smallest absolute Gasteiger partial charge is 0.193 e. The number of ketones is 1. The number of hydrogen-bond acceptors (Lipinski definition) is 1. The molecule has 0 aliphatic heterocycles. The van der Waals surface area contributed by atoms with Crippen LogP contribution in [0.3, 0.4) is 0 Å². The van der Waals surface area contributed by atoms with Gasteiger partial charge in [-0.2, -0.15) is 0 Å². The van der Waals surface area contributed by atoms with Crippen molar-refractivity contribution in [3.8, 4) is 0 Å². The van der Waals surface area contributed by atoms with E-state index in [0.29, 0.717) is 26.9 Å². The Morgan fingerprint density at radius 2 is 1.71 bits per heavy atom. The van der Waals surface area contributed by atoms with Gasteiger partial charge in [0, 0.05) is 21.0 Å². The number of benzene rings is 3. The quantitative estimate of drug-likeness (QED) is 0.540. The van der Waals surface area contributed by atoms with Gasteiger partial charge in [-0.1, -0.05) is 35.9 Å². The number of halogens is 3. The molecule has 3 rings (SSSR count). The third-order valence-corrected chi connectivity index (χ3v) is 4.53. The van der Waals surface area contributed by atoms with Crippen LogP contribution in [0.15, 0.2) is 59.1 Å². The van der Waals surface area contributed by atoms with Crippen molar-refractivity contribution in [1.82, 2.24) is 0 Å². The van der Waals surface area contributed by atoms with Gasteiger partial charge in [0.15, 0.2) is 5.78 Å². The van der Waals surface area contributed by atoms with Crippen molar-refractivity contribution < 1.29 is 9.18 Å². The number of carbonyl (C=O) groups excluding carboxylic acids is 1. The molecular weight excluding hydrogens is 355 g/mol. The summed E-state index contributed by atoms with van der Waals surface area (Å²) in [5.41, 5.74) is 0.936. The SMILES string of the molecule is O=C(c1ccc(Br)c(Cl)c1)c1ccc(F)c2ccccc12. The van der Waals surface area contributed by atoms with Gasteiger partial charge in [-0.05, 0) is 51.6 Å². The molecule has 0 radical (unpaired) electrons. The fourth-order valence-electron chi connectivity index (χ4n) is 2.25. The summed E-state index contributed by atoms with van der Waals surface area (Å²) in [4.78, 5) is 12.6. The number of carbonyl (C=O) groups is 1. The molecule has 4 heteroatoms. The van der Waals surface area contributed by atoms with Crippen LogP contribution in [0.25, 0.3) is 10.8 Å². The van der Waals surface area contributed by atoms with Crippen molar-refractivity contribution in [3.05, 3.63) is 81.0 Å². The molecule has 0 N–H and O–H groups in total. The molecule has 0 atom stereocenters. The van der Waals surface area contributed by atoms with E-state index in [9.17, 15) is 9.18 Å². The highest BCUT2D eigenvalue weighted by Crippen LogP contribution is 2.27. The van der Waals surface area contributed by atoms with Crippen LogP contribution in [0.1, 0.15) is 15.9 Å². The van der Waals surface area contributed by atoms with Crippen LogP contribution < -0.4 is 0 Å². The molecule has 0 aliphatic rings. The standard InChI is InChI=1S/C17H9BrClFO/c18-14-7-5-10(9-15(14)19)17(21)13-6-8-16(20)12-4-2-1-3-11(12)13/h1-9H. The van der Waals surface area contributed by atoms with E-state index in [2.05, 4.69) is 15.9 Å². The maximum absolute atomic E-state index is 13.8. The molecule has 104 valence electrons. The largest absolute Gasteiger partial charge is 0.289 e. The number of hydrogen-bond donors (Lipinski definition) is 0. The average molecular weight is 364 g/mol. The zero-order chi connectivity index (χ0) is 15.0. The van der Waals surface area contributed by atoms with Crippen LogP contribution in [0.5, 0.6) is 0 Å². The minimum atomic E-state index is -0.337. The molecule has 0 heterocycles. The first-order chi connectivity index (χ1) is 10.1. The van der Waals surface area contributed by atoms with Crippen LogP contribution in [0.2, 0.25) is 5.02 Å². The van der Waals surface area contributed by atoms with Crippen LogP contribution >= 0.6 is 27.5 Å². The molecule has 0 aliphatic carbocycles. The normalized spacial score (nSPS) is 10.8. The second-order valence-electron chi connectivity index (χ2n) is 4.60. The van der Waals surface area contributed by atoms with E-state index in [1.165, 1.54) is 12.1 Å². The van der Waals surface area contributed by atoms with Crippen LogP contribution in [-0.2, 0) is 0 Å². The van der Waals surface area contributed by atoms with Crippen LogP contribution in [-0.4, -0.2) is 5.78 Å². The molecule has 3 aromatic rings. The van der Waals surface area contributed by atoms with Crippen LogP contribution in [0, 0.1) is 5.82 Å². The van der Waals surface area contributed by atoms with Crippen molar-refractivity contribution in [2.75, 3.05) is 0 Å². The van der Waals surface area contributed by atoms with Gasteiger partial charge in [-0.15, -0.1) is 0 Å². The third kappa shape index (κ3) is 2.59.